The number of hydrogen-bond acceptors (Lipinski definition) is 5. The van der Waals surface area contributed by atoms with Crippen molar-refractivity contribution < 1.29 is 18.6 Å². The van der Waals surface area contributed by atoms with Gasteiger partial charge in [-0.25, -0.2) is 0 Å². The number of carbonyl (C=O) groups is 1. The zero-order valence-electron chi connectivity index (χ0n) is 8.59. The van der Waals surface area contributed by atoms with E-state index in [4.69, 9.17) is 4.52 Å². The first-order valence-electron chi connectivity index (χ1n) is 4.59. The molecule has 0 aliphatic rings. The summed E-state index contributed by atoms with van der Waals surface area (Å²) in [5.74, 6) is -0.959. The van der Waals surface area contributed by atoms with Crippen molar-refractivity contribution in [2.75, 3.05) is 0 Å². The number of hydrogen-bond donors (Lipinski definition) is 0. The number of benzene rings is 1. The Morgan fingerprint density at radius 3 is 2.83 bits per heavy atom. The van der Waals surface area contributed by atoms with E-state index in [1.165, 1.54) is 6.07 Å². The molecule has 6 nitrogen and oxygen atoms in total. The van der Waals surface area contributed by atoms with Gasteiger partial charge in [-0.3, -0.25) is 14.9 Å². The van der Waals surface area contributed by atoms with Crippen molar-refractivity contribution in [3.63, 3.8) is 0 Å². The van der Waals surface area contributed by atoms with Gasteiger partial charge in [0.2, 0.25) is 10.5 Å². The Kier molecular flexibility index (Phi) is 3.19. The molecule has 0 aliphatic carbocycles. The summed E-state index contributed by atoms with van der Waals surface area (Å²) in [4.78, 5) is 20.6. The van der Waals surface area contributed by atoms with Crippen LogP contribution in [0.1, 0.15) is 10.4 Å². The van der Waals surface area contributed by atoms with Gasteiger partial charge in [0, 0.05) is 11.6 Å². The second-order valence-corrected chi connectivity index (χ2v) is 3.98. The molecule has 0 saturated carbocycles. The maximum atomic E-state index is 13.2. The monoisotopic (exact) mass is 314 g/mol. The molecule has 0 N–H and O–H groups in total. The van der Waals surface area contributed by atoms with E-state index in [1.54, 1.807) is 0 Å². The van der Waals surface area contributed by atoms with Crippen molar-refractivity contribution >= 4 is 27.9 Å². The molecule has 2 aromatic rings. The first-order valence-corrected chi connectivity index (χ1v) is 5.38. The first kappa shape index (κ1) is 12.4. The molecule has 0 aliphatic heterocycles. The normalized spacial score (nSPS) is 10.3. The van der Waals surface area contributed by atoms with Gasteiger partial charge in [0.25, 0.3) is 0 Å². The van der Waals surface area contributed by atoms with Gasteiger partial charge < -0.3 is 4.52 Å². The van der Waals surface area contributed by atoms with E-state index in [9.17, 15) is 19.3 Å². The van der Waals surface area contributed by atoms with Gasteiger partial charge in [-0.2, -0.15) is 4.39 Å². The molecular weight excluding hydrogens is 311 g/mol. The smallest absolute Gasteiger partial charge is 0.305 e. The standard InChI is InChI=1S/C10H4BrFN2O4/c11-10-6(4-15)9(13-18-10)5-1-2-7(12)8(3-5)14(16)17/h1-4H. The van der Waals surface area contributed by atoms with Crippen LogP contribution in [0.25, 0.3) is 11.3 Å². The number of carbonyl (C=O) groups excluding carboxylic acids is 1. The molecule has 0 saturated heterocycles. The third-order valence-electron chi connectivity index (χ3n) is 2.22. The number of aromatic nitrogens is 1. The summed E-state index contributed by atoms with van der Waals surface area (Å²) in [5, 5.41) is 14.2. The first-order chi connectivity index (χ1) is 8.54. The van der Waals surface area contributed by atoms with Gasteiger partial charge >= 0.3 is 5.69 Å². The van der Waals surface area contributed by atoms with Crippen molar-refractivity contribution in [1.29, 1.82) is 0 Å². The van der Waals surface area contributed by atoms with E-state index >= 15 is 0 Å². The lowest BCUT2D eigenvalue weighted by Gasteiger charge is -1.98. The molecule has 0 unspecified atom stereocenters. The summed E-state index contributed by atoms with van der Waals surface area (Å²) in [5.41, 5.74) is -0.251. The molecule has 0 radical (unpaired) electrons. The summed E-state index contributed by atoms with van der Waals surface area (Å²) in [6, 6.07) is 3.21. The quantitative estimate of drug-likeness (QED) is 0.494. The predicted octanol–water partition coefficient (Wildman–Crippen LogP) is 2.96. The molecule has 0 spiro atoms. The molecular formula is C10H4BrFN2O4. The highest BCUT2D eigenvalue weighted by atomic mass is 79.9. The summed E-state index contributed by atoms with van der Waals surface area (Å²) in [7, 11) is 0. The lowest BCUT2D eigenvalue weighted by molar-refractivity contribution is -0.387. The van der Waals surface area contributed by atoms with Crippen LogP contribution in [0.2, 0.25) is 0 Å². The highest BCUT2D eigenvalue weighted by Gasteiger charge is 2.20. The zero-order chi connectivity index (χ0) is 13.3. The minimum atomic E-state index is -0.959. The molecule has 92 valence electrons. The Morgan fingerprint density at radius 1 is 1.50 bits per heavy atom. The van der Waals surface area contributed by atoms with Crippen LogP contribution >= 0.6 is 15.9 Å². The van der Waals surface area contributed by atoms with Crippen LogP contribution < -0.4 is 0 Å². The lowest BCUT2D eigenvalue weighted by Crippen LogP contribution is -1.94. The van der Waals surface area contributed by atoms with Gasteiger partial charge in [-0.05, 0) is 28.1 Å². The third kappa shape index (κ3) is 2.02. The van der Waals surface area contributed by atoms with Gasteiger partial charge in [0.1, 0.15) is 5.69 Å². The van der Waals surface area contributed by atoms with Gasteiger partial charge in [-0.15, -0.1) is 0 Å². The molecule has 1 heterocycles. The maximum absolute atomic E-state index is 13.2. The van der Waals surface area contributed by atoms with Gasteiger partial charge in [-0.1, -0.05) is 5.16 Å². The van der Waals surface area contributed by atoms with E-state index in [0.29, 0.717) is 6.29 Å². The second kappa shape index (κ2) is 4.65. The van der Waals surface area contributed by atoms with E-state index < -0.39 is 16.4 Å². The SMILES string of the molecule is O=Cc1c(-c2ccc(F)c([N+](=O)[O-])c2)noc1Br. The van der Waals surface area contributed by atoms with Crippen LogP contribution in [0.15, 0.2) is 27.4 Å². The molecule has 0 atom stereocenters. The van der Waals surface area contributed by atoms with E-state index in [-0.39, 0.29) is 21.5 Å². The van der Waals surface area contributed by atoms with Crippen molar-refractivity contribution in [2.45, 2.75) is 0 Å². The summed E-state index contributed by atoms with van der Waals surface area (Å²) >= 11 is 2.97. The van der Waals surface area contributed by atoms with Crippen molar-refractivity contribution in [2.24, 2.45) is 0 Å². The fraction of sp³-hybridized carbons (Fsp3) is 0. The van der Waals surface area contributed by atoms with Crippen LogP contribution in [0.4, 0.5) is 10.1 Å². The van der Waals surface area contributed by atoms with Crippen molar-refractivity contribution in [3.05, 3.63) is 44.4 Å². The Morgan fingerprint density at radius 2 is 2.22 bits per heavy atom. The van der Waals surface area contributed by atoms with Crippen LogP contribution in [0, 0.1) is 15.9 Å². The zero-order valence-corrected chi connectivity index (χ0v) is 10.2. The van der Waals surface area contributed by atoms with Crippen LogP contribution in [0.5, 0.6) is 0 Å². The number of rotatable bonds is 3. The molecule has 0 fully saturated rings. The predicted molar refractivity (Wildman–Crippen MR) is 61.6 cm³/mol. The average molecular weight is 315 g/mol. The average Bonchev–Trinajstić information content (AvgIpc) is 2.70. The highest BCUT2D eigenvalue weighted by Crippen LogP contribution is 2.30. The minimum Gasteiger partial charge on any atom is -0.348 e. The number of aldehydes is 1. The maximum Gasteiger partial charge on any atom is 0.305 e. The molecule has 2 rings (SSSR count). The molecule has 1 aromatic carbocycles. The second-order valence-electron chi connectivity index (χ2n) is 3.26. The van der Waals surface area contributed by atoms with Crippen LogP contribution in [0.3, 0.4) is 0 Å². The van der Waals surface area contributed by atoms with E-state index in [2.05, 4.69) is 21.1 Å². The summed E-state index contributed by atoms with van der Waals surface area (Å²) in [6.45, 7) is 0. The molecule has 0 bridgehead atoms. The Hall–Kier alpha value is -2.09. The molecule has 1 aromatic heterocycles. The molecule has 18 heavy (non-hydrogen) atoms. The fourth-order valence-electron chi connectivity index (χ4n) is 1.39. The van der Waals surface area contributed by atoms with Gasteiger partial charge in [0.05, 0.1) is 10.5 Å². The number of nitro benzene ring substituents is 1. The summed E-state index contributed by atoms with van der Waals surface area (Å²) < 4.78 is 18.0. The Bertz CT molecular complexity index is 641. The molecule has 8 heteroatoms. The lowest BCUT2D eigenvalue weighted by atomic mass is 10.1. The number of halogens is 2. The Balaban J connectivity index is 2.61. The van der Waals surface area contributed by atoms with E-state index in [0.717, 1.165) is 12.1 Å². The highest BCUT2D eigenvalue weighted by molar-refractivity contribution is 9.10. The number of nitrogens with zero attached hydrogens (tertiary/aromatic N) is 2. The Labute approximate surface area is 108 Å². The van der Waals surface area contributed by atoms with Crippen LogP contribution in [-0.4, -0.2) is 16.4 Å². The summed E-state index contributed by atoms with van der Waals surface area (Å²) in [6.07, 6.45) is 0.491. The largest absolute Gasteiger partial charge is 0.348 e. The third-order valence-corrected chi connectivity index (χ3v) is 2.79. The fourth-order valence-corrected chi connectivity index (χ4v) is 1.74. The molecule has 0 amide bonds. The van der Waals surface area contributed by atoms with Crippen LogP contribution in [-0.2, 0) is 0 Å². The topological polar surface area (TPSA) is 86.2 Å². The minimum absolute atomic E-state index is 0.107. The van der Waals surface area contributed by atoms with E-state index in [1.807, 2.05) is 0 Å². The van der Waals surface area contributed by atoms with Gasteiger partial charge in [0.15, 0.2) is 6.29 Å². The van der Waals surface area contributed by atoms with Crippen molar-refractivity contribution in [1.82, 2.24) is 5.16 Å². The van der Waals surface area contributed by atoms with Crippen molar-refractivity contribution in [3.8, 4) is 11.3 Å². The number of nitro groups is 1.